The van der Waals surface area contributed by atoms with Gasteiger partial charge in [0, 0.05) is 28.8 Å². The first kappa shape index (κ1) is 23.0. The van der Waals surface area contributed by atoms with Crippen LogP contribution in [0.25, 0.3) is 10.9 Å². The topological polar surface area (TPSA) is 105 Å². The number of amides is 2. The highest BCUT2D eigenvalue weighted by Crippen LogP contribution is 2.17. The average Bonchev–Trinajstić information content (AvgIpc) is 2.81. The van der Waals surface area contributed by atoms with Crippen LogP contribution in [0.1, 0.15) is 12.5 Å². The fourth-order valence-electron chi connectivity index (χ4n) is 2.84. The smallest absolute Gasteiger partial charge is 0.321 e. The van der Waals surface area contributed by atoms with Crippen LogP contribution < -0.4 is 16.0 Å². The molecule has 3 N–H and O–H groups in total. The van der Waals surface area contributed by atoms with Gasteiger partial charge in [-0.25, -0.2) is 9.79 Å². The highest BCUT2D eigenvalue weighted by atomic mass is 35.5. The molecule has 3 aromatic rings. The summed E-state index contributed by atoms with van der Waals surface area (Å²) in [5.41, 5.74) is 2.53. The van der Waals surface area contributed by atoms with E-state index in [1.165, 1.54) is 7.11 Å². The van der Waals surface area contributed by atoms with Crippen LogP contribution >= 0.6 is 11.6 Å². The lowest BCUT2D eigenvalue weighted by Crippen LogP contribution is -2.44. The van der Waals surface area contributed by atoms with Crippen LogP contribution in [0.5, 0.6) is 0 Å². The molecule has 0 unspecified atom stereocenters. The number of pyridine rings is 1. The Hall–Kier alpha value is -3.65. The van der Waals surface area contributed by atoms with Crippen molar-refractivity contribution in [2.75, 3.05) is 19.0 Å². The number of hydrogen-bond donors (Lipinski definition) is 3. The molecule has 166 valence electrons. The van der Waals surface area contributed by atoms with Gasteiger partial charge in [0.05, 0.1) is 25.1 Å². The van der Waals surface area contributed by atoms with Crippen molar-refractivity contribution in [3.8, 4) is 0 Å². The molecular formula is C23H24ClN5O3. The van der Waals surface area contributed by atoms with E-state index in [2.05, 4.69) is 30.7 Å². The number of ether oxygens (including phenoxy) is 1. The lowest BCUT2D eigenvalue weighted by Gasteiger charge is -2.14. The van der Waals surface area contributed by atoms with Gasteiger partial charge < -0.3 is 15.4 Å². The van der Waals surface area contributed by atoms with Crippen molar-refractivity contribution in [1.82, 2.24) is 15.6 Å². The van der Waals surface area contributed by atoms with Gasteiger partial charge in [-0.05, 0) is 42.0 Å². The zero-order valence-corrected chi connectivity index (χ0v) is 18.5. The minimum atomic E-state index is -0.495. The Morgan fingerprint density at radius 3 is 2.69 bits per heavy atom. The molecule has 1 heterocycles. The number of hydrogen-bond acceptors (Lipinski definition) is 5. The maximum Gasteiger partial charge on any atom is 0.321 e. The van der Waals surface area contributed by atoms with E-state index in [1.54, 1.807) is 25.3 Å². The van der Waals surface area contributed by atoms with E-state index in [9.17, 15) is 9.59 Å². The van der Waals surface area contributed by atoms with Crippen LogP contribution in [-0.4, -0.2) is 36.6 Å². The summed E-state index contributed by atoms with van der Waals surface area (Å²) in [5, 5.41) is 10.1. The van der Waals surface area contributed by atoms with Gasteiger partial charge >= 0.3 is 12.0 Å². The van der Waals surface area contributed by atoms with Crippen molar-refractivity contribution in [3.63, 3.8) is 0 Å². The highest BCUT2D eigenvalue weighted by molar-refractivity contribution is 6.30. The Morgan fingerprint density at radius 1 is 1.16 bits per heavy atom. The molecule has 0 spiro atoms. The molecule has 0 saturated heterocycles. The number of carbonyl (C=O) groups is 2. The monoisotopic (exact) mass is 453 g/mol. The molecule has 2 amide bonds. The highest BCUT2D eigenvalue weighted by Gasteiger charge is 2.15. The Labute approximate surface area is 191 Å². The van der Waals surface area contributed by atoms with Crippen LogP contribution in [0.15, 0.2) is 65.8 Å². The summed E-state index contributed by atoms with van der Waals surface area (Å²) in [6.07, 6.45) is 1.73. The molecule has 0 aliphatic carbocycles. The predicted octanol–water partition coefficient (Wildman–Crippen LogP) is 3.96. The fourth-order valence-corrected chi connectivity index (χ4v) is 2.97. The van der Waals surface area contributed by atoms with Gasteiger partial charge in [-0.3, -0.25) is 15.1 Å². The lowest BCUT2D eigenvalue weighted by molar-refractivity contribution is -0.144. The zero-order chi connectivity index (χ0) is 22.9. The number of esters is 1. The molecule has 1 atom stereocenters. The molecule has 2 aromatic carbocycles. The number of fused-ring (bicyclic) bond motifs is 1. The van der Waals surface area contributed by atoms with Crippen molar-refractivity contribution >= 4 is 46.2 Å². The number of rotatable bonds is 6. The fraction of sp³-hybridized carbons (Fsp3) is 0.217. The first-order valence-electron chi connectivity index (χ1n) is 9.98. The van der Waals surface area contributed by atoms with E-state index >= 15 is 0 Å². The average molecular weight is 454 g/mol. The summed E-state index contributed by atoms with van der Waals surface area (Å²) in [7, 11) is 1.31. The largest absolute Gasteiger partial charge is 0.469 e. The number of anilines is 1. The van der Waals surface area contributed by atoms with E-state index in [0.717, 1.165) is 22.2 Å². The van der Waals surface area contributed by atoms with E-state index in [-0.39, 0.29) is 12.5 Å². The molecule has 8 nitrogen and oxygen atoms in total. The molecule has 0 saturated carbocycles. The van der Waals surface area contributed by atoms with Gasteiger partial charge in [-0.2, -0.15) is 0 Å². The maximum absolute atomic E-state index is 12.4. The van der Waals surface area contributed by atoms with Crippen LogP contribution in [0.3, 0.4) is 0 Å². The molecule has 3 rings (SSSR count). The lowest BCUT2D eigenvalue weighted by atomic mass is 10.2. The Bertz CT molecular complexity index is 1120. The third-order valence-corrected chi connectivity index (χ3v) is 4.86. The van der Waals surface area contributed by atoms with Crippen LogP contribution in [0, 0.1) is 5.92 Å². The summed E-state index contributed by atoms with van der Waals surface area (Å²) in [4.78, 5) is 32.7. The Kier molecular flexibility index (Phi) is 7.99. The summed E-state index contributed by atoms with van der Waals surface area (Å²) < 4.78 is 4.67. The van der Waals surface area contributed by atoms with Gasteiger partial charge in [-0.1, -0.05) is 36.7 Å². The second-order valence-corrected chi connectivity index (χ2v) is 7.52. The minimum Gasteiger partial charge on any atom is -0.469 e. The van der Waals surface area contributed by atoms with Gasteiger partial charge in [0.2, 0.25) is 5.96 Å². The molecule has 0 fully saturated rings. The van der Waals surface area contributed by atoms with Crippen molar-refractivity contribution in [2.45, 2.75) is 13.5 Å². The summed E-state index contributed by atoms with van der Waals surface area (Å²) in [6.45, 7) is 2.13. The predicted molar refractivity (Wildman–Crippen MR) is 126 cm³/mol. The summed E-state index contributed by atoms with van der Waals surface area (Å²) in [6, 6.07) is 16.3. The Balaban J connectivity index is 1.73. The standard InChI is InChI=1S/C23H24ClN5O3/c1-15(21(30)32-2)13-27-23(31)29-22(26-14-16-5-7-18(24)8-6-16)28-19-9-10-20-17(12-19)4-3-11-25-20/h3-12,15H,13-14H2,1-2H3,(H3,26,27,28,29,31)/t15-/m0/s1. The number of methoxy groups -OCH3 is 1. The number of halogens is 1. The summed E-state index contributed by atoms with van der Waals surface area (Å²) in [5.74, 6) is -0.614. The number of nitrogens with one attached hydrogen (secondary N) is 3. The zero-order valence-electron chi connectivity index (χ0n) is 17.8. The normalized spacial score (nSPS) is 12.2. The van der Waals surface area contributed by atoms with E-state index in [4.69, 9.17) is 11.6 Å². The third kappa shape index (κ3) is 6.68. The molecule has 0 aliphatic rings. The molecule has 0 radical (unpaired) electrons. The third-order valence-electron chi connectivity index (χ3n) is 4.60. The minimum absolute atomic E-state index is 0.130. The summed E-state index contributed by atoms with van der Waals surface area (Å²) >= 11 is 5.94. The number of urea groups is 1. The second kappa shape index (κ2) is 11.1. The van der Waals surface area contributed by atoms with Gasteiger partial charge in [0.15, 0.2) is 0 Å². The first-order valence-corrected chi connectivity index (χ1v) is 10.4. The van der Waals surface area contributed by atoms with E-state index in [1.807, 2.05) is 42.5 Å². The number of aliphatic imine (C=N–C) groups is 1. The molecule has 9 heteroatoms. The van der Waals surface area contributed by atoms with Crippen LogP contribution in [0.2, 0.25) is 5.02 Å². The number of aromatic nitrogens is 1. The van der Waals surface area contributed by atoms with Gasteiger partial charge in [-0.15, -0.1) is 0 Å². The number of nitrogens with zero attached hydrogens (tertiary/aromatic N) is 2. The van der Waals surface area contributed by atoms with Crippen molar-refractivity contribution in [3.05, 3.63) is 71.4 Å². The van der Waals surface area contributed by atoms with Crippen molar-refractivity contribution in [1.29, 1.82) is 0 Å². The number of benzene rings is 2. The van der Waals surface area contributed by atoms with Crippen molar-refractivity contribution < 1.29 is 14.3 Å². The molecule has 32 heavy (non-hydrogen) atoms. The first-order chi connectivity index (χ1) is 15.4. The van der Waals surface area contributed by atoms with Crippen LogP contribution in [-0.2, 0) is 16.1 Å². The Morgan fingerprint density at radius 2 is 1.94 bits per heavy atom. The van der Waals surface area contributed by atoms with E-state index in [0.29, 0.717) is 11.6 Å². The van der Waals surface area contributed by atoms with Crippen molar-refractivity contribution in [2.24, 2.45) is 10.9 Å². The van der Waals surface area contributed by atoms with E-state index < -0.39 is 17.9 Å². The van der Waals surface area contributed by atoms with Gasteiger partial charge in [0.1, 0.15) is 0 Å². The molecule has 0 aliphatic heterocycles. The number of carbonyl (C=O) groups excluding carboxylic acids is 2. The number of guanidine groups is 1. The molecular weight excluding hydrogens is 430 g/mol. The maximum atomic E-state index is 12.4. The molecule has 0 bridgehead atoms. The quantitative estimate of drug-likeness (QED) is 0.297. The SMILES string of the molecule is COC(=O)[C@@H](C)CNC(=O)NC(=NCc1ccc(Cl)cc1)Nc1ccc2ncccc2c1. The second-order valence-electron chi connectivity index (χ2n) is 7.09. The van der Waals surface area contributed by atoms with Gasteiger partial charge in [0.25, 0.3) is 0 Å². The van der Waals surface area contributed by atoms with Crippen LogP contribution in [0.4, 0.5) is 10.5 Å². The molecule has 1 aromatic heterocycles.